The van der Waals surface area contributed by atoms with Crippen LogP contribution in [0.5, 0.6) is 0 Å². The smallest absolute Gasteiger partial charge is 0.0918 e. The van der Waals surface area contributed by atoms with Crippen LogP contribution in [0, 0.1) is 17.2 Å². The second kappa shape index (κ2) is 5.38. The summed E-state index contributed by atoms with van der Waals surface area (Å²) in [6, 6.07) is 6.41. The lowest BCUT2D eigenvalue weighted by atomic mass is 10.1. The number of hydrogen-bond acceptors (Lipinski definition) is 3. The predicted octanol–water partition coefficient (Wildman–Crippen LogP) is 3.50. The molecule has 1 aromatic heterocycles. The highest BCUT2D eigenvalue weighted by atomic mass is 79.9. The summed E-state index contributed by atoms with van der Waals surface area (Å²) in [5.41, 5.74) is 0. The van der Waals surface area contributed by atoms with Crippen molar-refractivity contribution in [2.75, 3.05) is 18.5 Å². The minimum atomic E-state index is 0.126. The van der Waals surface area contributed by atoms with E-state index in [0.29, 0.717) is 0 Å². The molecule has 0 radical (unpaired) electrons. The first kappa shape index (κ1) is 11.5. The van der Waals surface area contributed by atoms with E-state index in [4.69, 9.17) is 5.26 Å². The fourth-order valence-corrected chi connectivity index (χ4v) is 2.52. The van der Waals surface area contributed by atoms with Crippen molar-refractivity contribution in [3.63, 3.8) is 0 Å². The van der Waals surface area contributed by atoms with Crippen molar-refractivity contribution in [2.45, 2.75) is 13.3 Å². The summed E-state index contributed by atoms with van der Waals surface area (Å²) >= 11 is 5.12. The van der Waals surface area contributed by atoms with Gasteiger partial charge in [0.1, 0.15) is 0 Å². The van der Waals surface area contributed by atoms with E-state index in [1.54, 1.807) is 11.3 Å². The number of thiophene rings is 1. The quantitative estimate of drug-likeness (QED) is 0.839. The van der Waals surface area contributed by atoms with E-state index in [2.05, 4.69) is 33.0 Å². The average Bonchev–Trinajstić information content (AvgIpc) is 2.61. The fourth-order valence-electron chi connectivity index (χ4n) is 1.19. The van der Waals surface area contributed by atoms with Gasteiger partial charge in [0.15, 0.2) is 0 Å². The van der Waals surface area contributed by atoms with Crippen molar-refractivity contribution in [2.24, 2.45) is 5.92 Å². The maximum absolute atomic E-state index is 8.84. The Morgan fingerprint density at radius 1 is 1.64 bits per heavy atom. The van der Waals surface area contributed by atoms with Gasteiger partial charge in [-0.1, -0.05) is 6.92 Å². The number of rotatable bonds is 4. The zero-order valence-corrected chi connectivity index (χ0v) is 10.7. The molecule has 0 spiro atoms. The van der Waals surface area contributed by atoms with Crippen LogP contribution in [-0.2, 0) is 0 Å². The normalized spacial score (nSPS) is 12.1. The van der Waals surface area contributed by atoms with Gasteiger partial charge in [-0.15, -0.1) is 11.3 Å². The molecule has 2 nitrogen and oxygen atoms in total. The molecule has 14 heavy (non-hydrogen) atoms. The zero-order chi connectivity index (χ0) is 10.6. The Morgan fingerprint density at radius 2 is 2.36 bits per heavy atom. The number of nitriles is 1. The fraction of sp³-hybridized carbons (Fsp3) is 0.500. The van der Waals surface area contributed by atoms with E-state index in [0.717, 1.165) is 16.8 Å². The number of hydrogen-bond donors (Lipinski definition) is 0. The van der Waals surface area contributed by atoms with Gasteiger partial charge in [-0.05, 0) is 34.5 Å². The van der Waals surface area contributed by atoms with Crippen molar-refractivity contribution in [3.05, 3.63) is 15.9 Å². The first-order valence-corrected chi connectivity index (χ1v) is 6.14. The van der Waals surface area contributed by atoms with Crippen LogP contribution in [0.15, 0.2) is 15.9 Å². The molecule has 0 aliphatic heterocycles. The molecule has 1 atom stereocenters. The van der Waals surface area contributed by atoms with Gasteiger partial charge in [-0.3, -0.25) is 0 Å². The summed E-state index contributed by atoms with van der Waals surface area (Å²) in [6.45, 7) is 2.85. The molecule has 0 amide bonds. The van der Waals surface area contributed by atoms with Crippen molar-refractivity contribution < 1.29 is 0 Å². The second-order valence-corrected chi connectivity index (χ2v) is 5.63. The minimum absolute atomic E-state index is 0.126. The van der Waals surface area contributed by atoms with Gasteiger partial charge in [0.25, 0.3) is 0 Å². The maximum atomic E-state index is 8.84. The highest BCUT2D eigenvalue weighted by molar-refractivity contribution is 9.11. The lowest BCUT2D eigenvalue weighted by Gasteiger charge is -2.19. The van der Waals surface area contributed by atoms with E-state index in [-0.39, 0.29) is 5.92 Å². The van der Waals surface area contributed by atoms with E-state index in [1.165, 1.54) is 5.00 Å². The van der Waals surface area contributed by atoms with Crippen LogP contribution in [0.1, 0.15) is 13.3 Å². The Morgan fingerprint density at radius 3 is 2.79 bits per heavy atom. The largest absolute Gasteiger partial charge is 0.365 e. The standard InChI is InChI=1S/C10H13BrN2S/c1-3-8(6-12)7-13(2)10-5-4-9(11)14-10/h4-5,8H,3,7H2,1-2H3. The molecule has 0 aliphatic rings. The highest BCUT2D eigenvalue weighted by Crippen LogP contribution is 2.29. The SMILES string of the molecule is CCC(C#N)CN(C)c1ccc(Br)s1. The molecule has 0 aromatic carbocycles. The third kappa shape index (κ3) is 3.00. The van der Waals surface area contributed by atoms with Gasteiger partial charge in [-0.2, -0.15) is 5.26 Å². The van der Waals surface area contributed by atoms with Crippen molar-refractivity contribution in [1.82, 2.24) is 0 Å². The number of anilines is 1. The van der Waals surface area contributed by atoms with E-state index >= 15 is 0 Å². The molecular weight excluding hydrogens is 260 g/mol. The first-order chi connectivity index (χ1) is 6.67. The topological polar surface area (TPSA) is 27.0 Å². The lowest BCUT2D eigenvalue weighted by molar-refractivity contribution is 0.633. The van der Waals surface area contributed by atoms with Gasteiger partial charge >= 0.3 is 0 Å². The Balaban J connectivity index is 2.58. The second-order valence-electron chi connectivity index (χ2n) is 3.19. The zero-order valence-electron chi connectivity index (χ0n) is 8.33. The minimum Gasteiger partial charge on any atom is -0.365 e. The molecular formula is C10H13BrN2S. The molecule has 1 unspecified atom stereocenters. The summed E-state index contributed by atoms with van der Waals surface area (Å²) in [5, 5.41) is 10.0. The van der Waals surface area contributed by atoms with Crippen LogP contribution in [0.2, 0.25) is 0 Å². The van der Waals surface area contributed by atoms with E-state index in [9.17, 15) is 0 Å². The summed E-state index contributed by atoms with van der Waals surface area (Å²) in [7, 11) is 2.03. The third-order valence-corrected chi connectivity index (χ3v) is 3.84. The molecule has 1 rings (SSSR count). The van der Waals surface area contributed by atoms with Crippen LogP contribution < -0.4 is 4.90 Å². The molecule has 0 aliphatic carbocycles. The van der Waals surface area contributed by atoms with Gasteiger partial charge in [0, 0.05) is 13.6 Å². The molecule has 4 heteroatoms. The van der Waals surface area contributed by atoms with Gasteiger partial charge < -0.3 is 4.90 Å². The average molecular weight is 273 g/mol. The van der Waals surface area contributed by atoms with Gasteiger partial charge in [0.05, 0.1) is 20.8 Å². The number of nitrogens with zero attached hydrogens (tertiary/aromatic N) is 2. The Hall–Kier alpha value is -0.530. The Labute approximate surface area is 97.3 Å². The molecule has 0 saturated heterocycles. The number of halogens is 1. The van der Waals surface area contributed by atoms with Crippen LogP contribution in [0.25, 0.3) is 0 Å². The lowest BCUT2D eigenvalue weighted by Crippen LogP contribution is -2.23. The predicted molar refractivity (Wildman–Crippen MR) is 64.7 cm³/mol. The van der Waals surface area contributed by atoms with Gasteiger partial charge in [-0.25, -0.2) is 0 Å². The van der Waals surface area contributed by atoms with E-state index in [1.807, 2.05) is 20.0 Å². The summed E-state index contributed by atoms with van der Waals surface area (Å²) < 4.78 is 1.13. The molecule has 0 saturated carbocycles. The van der Waals surface area contributed by atoms with Crippen LogP contribution in [0.4, 0.5) is 5.00 Å². The molecule has 1 aromatic rings. The van der Waals surface area contributed by atoms with Crippen LogP contribution in [0.3, 0.4) is 0 Å². The molecule has 76 valence electrons. The maximum Gasteiger partial charge on any atom is 0.0918 e. The summed E-state index contributed by atoms with van der Waals surface area (Å²) in [6.07, 6.45) is 0.910. The molecule has 0 N–H and O–H groups in total. The van der Waals surface area contributed by atoms with E-state index < -0.39 is 0 Å². The Kier molecular flexibility index (Phi) is 4.43. The monoisotopic (exact) mass is 272 g/mol. The molecule has 0 bridgehead atoms. The highest BCUT2D eigenvalue weighted by Gasteiger charge is 2.10. The van der Waals surface area contributed by atoms with Crippen molar-refractivity contribution >= 4 is 32.3 Å². The molecule has 1 heterocycles. The first-order valence-electron chi connectivity index (χ1n) is 4.53. The van der Waals surface area contributed by atoms with Gasteiger partial charge in [0.2, 0.25) is 0 Å². The summed E-state index contributed by atoms with van der Waals surface area (Å²) in [5.74, 6) is 0.126. The third-order valence-electron chi connectivity index (χ3n) is 2.10. The van der Waals surface area contributed by atoms with Crippen LogP contribution in [-0.4, -0.2) is 13.6 Å². The summed E-state index contributed by atoms with van der Waals surface area (Å²) in [4.78, 5) is 2.13. The van der Waals surface area contributed by atoms with Crippen molar-refractivity contribution in [1.29, 1.82) is 5.26 Å². The van der Waals surface area contributed by atoms with Crippen molar-refractivity contribution in [3.8, 4) is 6.07 Å². The van der Waals surface area contributed by atoms with Crippen LogP contribution >= 0.6 is 27.3 Å². The molecule has 0 fully saturated rings. The Bertz CT molecular complexity index is 329.